The smallest absolute Gasteiger partial charge is 0.225 e. The first-order chi connectivity index (χ1) is 7.99. The fraction of sp³-hybridized carbons (Fsp3) is 0.833. The maximum Gasteiger partial charge on any atom is 0.225 e. The molecule has 5 heteroatoms. The van der Waals surface area contributed by atoms with Crippen LogP contribution in [0.2, 0.25) is 0 Å². The van der Waals surface area contributed by atoms with Crippen molar-refractivity contribution in [3.8, 4) is 0 Å². The van der Waals surface area contributed by atoms with Gasteiger partial charge in [-0.25, -0.2) is 0 Å². The summed E-state index contributed by atoms with van der Waals surface area (Å²) in [5, 5.41) is 0. The minimum absolute atomic E-state index is 0.00781. The van der Waals surface area contributed by atoms with Crippen LogP contribution in [0, 0.1) is 5.92 Å². The SMILES string of the molecule is CCOCCCN(CCC(N)=S)C(=O)C(C)C. The maximum absolute atomic E-state index is 11.9. The van der Waals surface area contributed by atoms with Gasteiger partial charge in [0, 0.05) is 38.6 Å². The van der Waals surface area contributed by atoms with E-state index in [1.165, 1.54) is 0 Å². The molecule has 2 N–H and O–H groups in total. The lowest BCUT2D eigenvalue weighted by Crippen LogP contribution is -2.37. The van der Waals surface area contributed by atoms with Gasteiger partial charge in [0.05, 0.1) is 4.99 Å². The van der Waals surface area contributed by atoms with Crippen LogP contribution in [0.5, 0.6) is 0 Å². The molecule has 0 saturated carbocycles. The molecular formula is C12H24N2O2S. The van der Waals surface area contributed by atoms with Gasteiger partial charge in [-0.05, 0) is 13.3 Å². The molecule has 0 spiro atoms. The molecule has 0 heterocycles. The number of ether oxygens (including phenoxy) is 1. The Morgan fingerprint density at radius 3 is 2.53 bits per heavy atom. The normalized spacial score (nSPS) is 10.6. The summed E-state index contributed by atoms with van der Waals surface area (Å²) in [6.45, 7) is 8.48. The van der Waals surface area contributed by atoms with Crippen LogP contribution in [0.1, 0.15) is 33.6 Å². The van der Waals surface area contributed by atoms with E-state index in [0.29, 0.717) is 37.7 Å². The van der Waals surface area contributed by atoms with Crippen molar-refractivity contribution in [1.82, 2.24) is 4.90 Å². The Morgan fingerprint density at radius 1 is 1.41 bits per heavy atom. The van der Waals surface area contributed by atoms with Crippen LogP contribution in [0.4, 0.5) is 0 Å². The molecule has 0 aromatic heterocycles. The van der Waals surface area contributed by atoms with Gasteiger partial charge in [0.25, 0.3) is 0 Å². The zero-order valence-electron chi connectivity index (χ0n) is 11.1. The van der Waals surface area contributed by atoms with Crippen molar-refractivity contribution >= 4 is 23.1 Å². The zero-order chi connectivity index (χ0) is 13.3. The molecule has 0 radical (unpaired) electrons. The number of amides is 1. The molecule has 0 aromatic rings. The highest BCUT2D eigenvalue weighted by atomic mass is 32.1. The zero-order valence-corrected chi connectivity index (χ0v) is 11.9. The Morgan fingerprint density at radius 2 is 2.06 bits per heavy atom. The average Bonchev–Trinajstić information content (AvgIpc) is 2.26. The van der Waals surface area contributed by atoms with Crippen LogP contribution in [0.3, 0.4) is 0 Å². The van der Waals surface area contributed by atoms with Crippen molar-refractivity contribution in [2.75, 3.05) is 26.3 Å². The van der Waals surface area contributed by atoms with Crippen molar-refractivity contribution in [2.45, 2.75) is 33.6 Å². The number of rotatable bonds is 9. The van der Waals surface area contributed by atoms with Crippen molar-refractivity contribution in [2.24, 2.45) is 11.7 Å². The quantitative estimate of drug-likeness (QED) is 0.505. The number of thiocarbonyl (C=S) groups is 1. The predicted molar refractivity (Wildman–Crippen MR) is 73.9 cm³/mol. The Balaban J connectivity index is 4.10. The molecule has 0 aliphatic carbocycles. The Kier molecular flexibility index (Phi) is 8.99. The van der Waals surface area contributed by atoms with Gasteiger partial charge in [-0.1, -0.05) is 26.1 Å². The third-order valence-corrected chi connectivity index (χ3v) is 2.56. The van der Waals surface area contributed by atoms with Crippen molar-refractivity contribution in [3.63, 3.8) is 0 Å². The summed E-state index contributed by atoms with van der Waals surface area (Å²) in [5.41, 5.74) is 5.46. The lowest BCUT2D eigenvalue weighted by Gasteiger charge is -2.24. The molecule has 100 valence electrons. The third-order valence-electron chi connectivity index (χ3n) is 2.35. The van der Waals surface area contributed by atoms with Crippen molar-refractivity contribution in [3.05, 3.63) is 0 Å². The second-order valence-electron chi connectivity index (χ2n) is 4.25. The molecule has 0 aliphatic rings. The van der Waals surface area contributed by atoms with Crippen LogP contribution < -0.4 is 5.73 Å². The minimum atomic E-state index is 0.00781. The van der Waals surface area contributed by atoms with E-state index >= 15 is 0 Å². The molecule has 17 heavy (non-hydrogen) atoms. The lowest BCUT2D eigenvalue weighted by atomic mass is 10.2. The summed E-state index contributed by atoms with van der Waals surface area (Å²) >= 11 is 4.84. The fourth-order valence-corrected chi connectivity index (χ4v) is 1.54. The van der Waals surface area contributed by atoms with Crippen molar-refractivity contribution in [1.29, 1.82) is 0 Å². The minimum Gasteiger partial charge on any atom is -0.393 e. The average molecular weight is 260 g/mol. The van der Waals surface area contributed by atoms with Crippen LogP contribution in [-0.2, 0) is 9.53 Å². The summed E-state index contributed by atoms with van der Waals surface area (Å²) in [6.07, 6.45) is 1.44. The molecule has 4 nitrogen and oxygen atoms in total. The van der Waals surface area contributed by atoms with Gasteiger partial charge in [0.2, 0.25) is 5.91 Å². The highest BCUT2D eigenvalue weighted by Gasteiger charge is 2.16. The Bertz CT molecular complexity index is 245. The molecule has 0 atom stereocenters. The largest absolute Gasteiger partial charge is 0.393 e. The van der Waals surface area contributed by atoms with Gasteiger partial charge in [-0.15, -0.1) is 0 Å². The third kappa shape index (κ3) is 8.10. The van der Waals surface area contributed by atoms with E-state index in [9.17, 15) is 4.79 Å². The maximum atomic E-state index is 11.9. The van der Waals surface area contributed by atoms with E-state index in [0.717, 1.165) is 6.42 Å². The summed E-state index contributed by atoms with van der Waals surface area (Å²) in [7, 11) is 0. The number of nitrogens with zero attached hydrogens (tertiary/aromatic N) is 1. The number of carbonyl (C=O) groups is 1. The van der Waals surface area contributed by atoms with E-state index in [2.05, 4.69) is 0 Å². The Hall–Kier alpha value is -0.680. The van der Waals surface area contributed by atoms with Gasteiger partial charge in [0.1, 0.15) is 0 Å². The standard InChI is InChI=1S/C12H24N2O2S/c1-4-16-9-5-7-14(8-6-11(13)17)12(15)10(2)3/h10H,4-9H2,1-3H3,(H2,13,17). The first-order valence-electron chi connectivity index (χ1n) is 6.13. The summed E-state index contributed by atoms with van der Waals surface area (Å²) in [6, 6.07) is 0. The summed E-state index contributed by atoms with van der Waals surface area (Å²) in [4.78, 5) is 14.2. The van der Waals surface area contributed by atoms with Crippen molar-refractivity contribution < 1.29 is 9.53 Å². The molecule has 0 unspecified atom stereocenters. The monoisotopic (exact) mass is 260 g/mol. The first-order valence-corrected chi connectivity index (χ1v) is 6.54. The van der Waals surface area contributed by atoms with Crippen LogP contribution in [-0.4, -0.2) is 42.1 Å². The van der Waals surface area contributed by atoms with Gasteiger partial charge < -0.3 is 15.4 Å². The number of hydrogen-bond donors (Lipinski definition) is 1. The second kappa shape index (κ2) is 9.36. The highest BCUT2D eigenvalue weighted by Crippen LogP contribution is 2.04. The molecule has 0 saturated heterocycles. The van der Waals surface area contributed by atoms with Crippen LogP contribution >= 0.6 is 12.2 Å². The Labute approximate surface area is 109 Å². The predicted octanol–water partition coefficient (Wildman–Crippen LogP) is 1.57. The lowest BCUT2D eigenvalue weighted by molar-refractivity contribution is -0.134. The molecule has 0 fully saturated rings. The topological polar surface area (TPSA) is 55.6 Å². The molecular weight excluding hydrogens is 236 g/mol. The molecule has 0 aliphatic heterocycles. The molecule has 0 rings (SSSR count). The van der Waals surface area contributed by atoms with Gasteiger partial charge in [-0.2, -0.15) is 0 Å². The van der Waals surface area contributed by atoms with E-state index in [4.69, 9.17) is 22.7 Å². The summed E-state index contributed by atoms with van der Waals surface area (Å²) in [5.74, 6) is 0.159. The molecule has 0 aromatic carbocycles. The van der Waals surface area contributed by atoms with Gasteiger partial charge in [0.15, 0.2) is 0 Å². The highest BCUT2D eigenvalue weighted by molar-refractivity contribution is 7.80. The number of nitrogens with two attached hydrogens (primary N) is 1. The van der Waals surface area contributed by atoms with Gasteiger partial charge >= 0.3 is 0 Å². The number of hydrogen-bond acceptors (Lipinski definition) is 3. The first kappa shape index (κ1) is 16.3. The van der Waals surface area contributed by atoms with Crippen LogP contribution in [0.25, 0.3) is 0 Å². The van der Waals surface area contributed by atoms with E-state index < -0.39 is 0 Å². The van der Waals surface area contributed by atoms with E-state index in [1.807, 2.05) is 25.7 Å². The number of carbonyl (C=O) groups excluding carboxylic acids is 1. The second-order valence-corrected chi connectivity index (χ2v) is 4.77. The molecule has 0 bridgehead atoms. The van der Waals surface area contributed by atoms with E-state index in [-0.39, 0.29) is 11.8 Å². The fourth-order valence-electron chi connectivity index (χ4n) is 1.44. The summed E-state index contributed by atoms with van der Waals surface area (Å²) < 4.78 is 5.26. The van der Waals surface area contributed by atoms with E-state index in [1.54, 1.807) is 0 Å². The van der Waals surface area contributed by atoms with Crippen LogP contribution in [0.15, 0.2) is 0 Å². The van der Waals surface area contributed by atoms with Gasteiger partial charge in [-0.3, -0.25) is 4.79 Å². The molecule has 1 amide bonds.